The summed E-state index contributed by atoms with van der Waals surface area (Å²) in [5, 5.41) is 7.47. The molecule has 104 valence electrons. The van der Waals surface area contributed by atoms with Crippen molar-refractivity contribution < 1.29 is 0 Å². The van der Waals surface area contributed by atoms with Crippen molar-refractivity contribution in [1.29, 1.82) is 0 Å². The highest BCUT2D eigenvalue weighted by Crippen LogP contribution is 2.16. The number of hydrogen-bond acceptors (Lipinski definition) is 2. The summed E-state index contributed by atoms with van der Waals surface area (Å²) in [5.41, 5.74) is 1.95. The van der Waals surface area contributed by atoms with Gasteiger partial charge in [0.2, 0.25) is 0 Å². The van der Waals surface area contributed by atoms with Gasteiger partial charge in [-0.2, -0.15) is 0 Å². The summed E-state index contributed by atoms with van der Waals surface area (Å²) < 4.78 is 0. The second-order valence-electron chi connectivity index (χ2n) is 4.49. The number of aromatic nitrogens is 1. The monoisotopic (exact) mass is 305 g/mol. The molecule has 0 saturated carbocycles. The molecule has 2 N–H and O–H groups in total. The molecule has 1 aromatic heterocycles. The Labute approximate surface area is 129 Å². The first-order valence-corrected chi connectivity index (χ1v) is 7.10. The van der Waals surface area contributed by atoms with Crippen LogP contribution < -0.4 is 10.6 Å². The lowest BCUT2D eigenvalue weighted by molar-refractivity contribution is 0.722. The Balaban J connectivity index is 1.97. The average Bonchev–Trinajstić information content (AvgIpc) is 2.44. The summed E-state index contributed by atoms with van der Waals surface area (Å²) in [5.74, 6) is 0.685. The van der Waals surface area contributed by atoms with E-state index in [1.807, 2.05) is 25.1 Å². The van der Waals surface area contributed by atoms with Crippen molar-refractivity contribution in [3.8, 4) is 0 Å². The van der Waals surface area contributed by atoms with Gasteiger partial charge in [-0.05, 0) is 43.8 Å². The standard InChI is InChI=1S/C15H16ClN3S/c1-10(12-6-4-3-5-7-12)18-15(20)19-14-9-8-13(16)11(2)17-14/h3-10H,1-2H3,(H2,17,18,19,20)/t10-/m0/s1. The van der Waals surface area contributed by atoms with Crippen LogP contribution in [0.5, 0.6) is 0 Å². The van der Waals surface area contributed by atoms with E-state index in [1.165, 1.54) is 5.56 Å². The number of nitrogens with one attached hydrogen (secondary N) is 2. The molecule has 0 unspecified atom stereocenters. The maximum Gasteiger partial charge on any atom is 0.172 e. The van der Waals surface area contributed by atoms with Crippen LogP contribution in [0.15, 0.2) is 42.5 Å². The Bertz CT molecular complexity index is 601. The van der Waals surface area contributed by atoms with E-state index in [4.69, 9.17) is 23.8 Å². The predicted octanol–water partition coefficient (Wildman–Crippen LogP) is 4.09. The quantitative estimate of drug-likeness (QED) is 0.838. The van der Waals surface area contributed by atoms with Crippen molar-refractivity contribution >= 4 is 34.7 Å². The molecule has 0 aliphatic rings. The molecule has 0 radical (unpaired) electrons. The fourth-order valence-electron chi connectivity index (χ4n) is 1.79. The van der Waals surface area contributed by atoms with Gasteiger partial charge in [0.15, 0.2) is 5.11 Å². The lowest BCUT2D eigenvalue weighted by atomic mass is 10.1. The largest absolute Gasteiger partial charge is 0.356 e. The van der Waals surface area contributed by atoms with Crippen LogP contribution in [0.25, 0.3) is 0 Å². The summed E-state index contributed by atoms with van der Waals surface area (Å²) in [7, 11) is 0. The van der Waals surface area contributed by atoms with E-state index in [-0.39, 0.29) is 6.04 Å². The third-order valence-corrected chi connectivity index (χ3v) is 3.53. The van der Waals surface area contributed by atoms with E-state index in [0.29, 0.717) is 16.0 Å². The normalized spacial score (nSPS) is 11.8. The molecule has 0 amide bonds. The van der Waals surface area contributed by atoms with E-state index in [2.05, 4.69) is 34.7 Å². The van der Waals surface area contributed by atoms with Gasteiger partial charge >= 0.3 is 0 Å². The minimum atomic E-state index is 0.129. The number of anilines is 1. The first-order chi connectivity index (χ1) is 9.56. The van der Waals surface area contributed by atoms with Gasteiger partial charge < -0.3 is 10.6 Å². The lowest BCUT2D eigenvalue weighted by Crippen LogP contribution is -2.31. The molecule has 2 rings (SSSR count). The number of aryl methyl sites for hydroxylation is 1. The molecule has 0 aliphatic heterocycles. The van der Waals surface area contributed by atoms with Crippen molar-refractivity contribution in [1.82, 2.24) is 10.3 Å². The number of halogens is 1. The molecule has 0 bridgehead atoms. The third kappa shape index (κ3) is 3.92. The summed E-state index contributed by atoms with van der Waals surface area (Å²) in [6.45, 7) is 3.92. The minimum absolute atomic E-state index is 0.129. The van der Waals surface area contributed by atoms with Crippen LogP contribution in [-0.2, 0) is 0 Å². The second kappa shape index (κ2) is 6.68. The van der Waals surface area contributed by atoms with Crippen molar-refractivity contribution in [2.75, 3.05) is 5.32 Å². The highest BCUT2D eigenvalue weighted by Gasteiger charge is 2.07. The SMILES string of the molecule is Cc1nc(NC(=S)N[C@@H](C)c2ccccc2)ccc1Cl. The molecule has 2 aromatic rings. The van der Waals surface area contributed by atoms with Crippen LogP contribution in [-0.4, -0.2) is 10.1 Å². The number of rotatable bonds is 3. The van der Waals surface area contributed by atoms with Crippen molar-refractivity contribution in [3.63, 3.8) is 0 Å². The molecule has 0 aliphatic carbocycles. The zero-order chi connectivity index (χ0) is 14.5. The van der Waals surface area contributed by atoms with Gasteiger partial charge in [-0.25, -0.2) is 4.98 Å². The van der Waals surface area contributed by atoms with Crippen LogP contribution in [0.3, 0.4) is 0 Å². The average molecular weight is 306 g/mol. The summed E-state index contributed by atoms with van der Waals surface area (Å²) >= 11 is 11.2. The number of nitrogens with zero attached hydrogens (tertiary/aromatic N) is 1. The van der Waals surface area contributed by atoms with E-state index >= 15 is 0 Å². The smallest absolute Gasteiger partial charge is 0.172 e. The first-order valence-electron chi connectivity index (χ1n) is 6.32. The van der Waals surface area contributed by atoms with E-state index in [1.54, 1.807) is 12.1 Å². The molecule has 0 saturated heterocycles. The van der Waals surface area contributed by atoms with Gasteiger partial charge in [0.1, 0.15) is 5.82 Å². The molecular formula is C15H16ClN3S. The van der Waals surface area contributed by atoms with Crippen LogP contribution in [0, 0.1) is 6.92 Å². The third-order valence-electron chi connectivity index (χ3n) is 2.91. The predicted molar refractivity (Wildman–Crippen MR) is 88.2 cm³/mol. The molecule has 1 heterocycles. The maximum absolute atomic E-state index is 5.94. The Kier molecular flexibility index (Phi) is 4.93. The number of benzene rings is 1. The summed E-state index contributed by atoms with van der Waals surface area (Å²) in [6, 6.07) is 13.9. The highest BCUT2D eigenvalue weighted by atomic mass is 35.5. The topological polar surface area (TPSA) is 37.0 Å². The van der Waals surface area contributed by atoms with Crippen LogP contribution in [0.4, 0.5) is 5.82 Å². The van der Waals surface area contributed by atoms with E-state index in [9.17, 15) is 0 Å². The number of thiocarbonyl (C=S) groups is 1. The Morgan fingerprint density at radius 1 is 1.20 bits per heavy atom. The zero-order valence-electron chi connectivity index (χ0n) is 11.4. The summed E-state index contributed by atoms with van der Waals surface area (Å²) in [4.78, 5) is 4.32. The highest BCUT2D eigenvalue weighted by molar-refractivity contribution is 7.80. The fraction of sp³-hybridized carbons (Fsp3) is 0.200. The van der Waals surface area contributed by atoms with Gasteiger partial charge in [0.25, 0.3) is 0 Å². The van der Waals surface area contributed by atoms with Gasteiger partial charge in [0, 0.05) is 0 Å². The molecular weight excluding hydrogens is 290 g/mol. The molecule has 1 atom stereocenters. The molecule has 3 nitrogen and oxygen atoms in total. The summed E-state index contributed by atoms with van der Waals surface area (Å²) in [6.07, 6.45) is 0. The molecule has 1 aromatic carbocycles. The van der Waals surface area contributed by atoms with Gasteiger partial charge in [-0.15, -0.1) is 0 Å². The van der Waals surface area contributed by atoms with Crippen molar-refractivity contribution in [2.45, 2.75) is 19.9 Å². The van der Waals surface area contributed by atoms with Crippen LogP contribution >= 0.6 is 23.8 Å². The molecule has 5 heteroatoms. The Morgan fingerprint density at radius 2 is 1.90 bits per heavy atom. The first kappa shape index (κ1) is 14.8. The fourth-order valence-corrected chi connectivity index (χ4v) is 2.17. The minimum Gasteiger partial charge on any atom is -0.356 e. The second-order valence-corrected chi connectivity index (χ2v) is 5.31. The molecule has 0 spiro atoms. The van der Waals surface area contributed by atoms with Crippen molar-refractivity contribution in [3.05, 3.63) is 58.7 Å². The van der Waals surface area contributed by atoms with E-state index in [0.717, 1.165) is 5.69 Å². The lowest BCUT2D eigenvalue weighted by Gasteiger charge is -2.17. The van der Waals surface area contributed by atoms with Crippen LogP contribution in [0.2, 0.25) is 5.02 Å². The van der Waals surface area contributed by atoms with E-state index < -0.39 is 0 Å². The molecule has 20 heavy (non-hydrogen) atoms. The van der Waals surface area contributed by atoms with Crippen molar-refractivity contribution in [2.24, 2.45) is 0 Å². The van der Waals surface area contributed by atoms with Gasteiger partial charge in [-0.3, -0.25) is 0 Å². The Hall–Kier alpha value is -1.65. The van der Waals surface area contributed by atoms with Gasteiger partial charge in [0.05, 0.1) is 16.8 Å². The molecule has 0 fully saturated rings. The zero-order valence-corrected chi connectivity index (χ0v) is 12.9. The van der Waals surface area contributed by atoms with Gasteiger partial charge in [-0.1, -0.05) is 41.9 Å². The number of hydrogen-bond donors (Lipinski definition) is 2. The Morgan fingerprint density at radius 3 is 2.55 bits per heavy atom. The van der Waals surface area contributed by atoms with Crippen LogP contribution in [0.1, 0.15) is 24.2 Å². The number of pyridine rings is 1. The maximum atomic E-state index is 5.94.